The molecule has 0 amide bonds. The molecule has 1 aromatic heterocycles. The highest BCUT2D eigenvalue weighted by Crippen LogP contribution is 2.23. The topological polar surface area (TPSA) is 40.5 Å². The van der Waals surface area contributed by atoms with Crippen LogP contribution >= 0.6 is 23.1 Å². The van der Waals surface area contributed by atoms with Crippen LogP contribution in [0.1, 0.15) is 22.2 Å². The van der Waals surface area contributed by atoms with Crippen LogP contribution < -0.4 is 0 Å². The summed E-state index contributed by atoms with van der Waals surface area (Å²) in [6.07, 6.45) is 0. The van der Waals surface area contributed by atoms with E-state index in [0.29, 0.717) is 10.9 Å². The van der Waals surface area contributed by atoms with Gasteiger partial charge in [0.05, 0.1) is 0 Å². The molecule has 1 unspecified atom stereocenters. The van der Waals surface area contributed by atoms with E-state index < -0.39 is 5.97 Å². The van der Waals surface area contributed by atoms with E-state index in [-0.39, 0.29) is 0 Å². The highest BCUT2D eigenvalue weighted by Gasteiger charge is 2.21. The van der Waals surface area contributed by atoms with Crippen LogP contribution in [0.5, 0.6) is 0 Å². The average Bonchev–Trinajstić information content (AvgIpc) is 2.69. The lowest BCUT2D eigenvalue weighted by Gasteiger charge is -2.32. The van der Waals surface area contributed by atoms with E-state index in [0.717, 1.165) is 30.2 Å². The van der Waals surface area contributed by atoms with Gasteiger partial charge in [0.2, 0.25) is 0 Å². The van der Waals surface area contributed by atoms with Crippen LogP contribution in [-0.4, -0.2) is 40.1 Å². The zero-order valence-corrected chi connectivity index (χ0v) is 10.8. The number of rotatable bonds is 3. The van der Waals surface area contributed by atoms with Crippen LogP contribution in [0.25, 0.3) is 0 Å². The van der Waals surface area contributed by atoms with Gasteiger partial charge in [-0.3, -0.25) is 4.90 Å². The van der Waals surface area contributed by atoms with Crippen LogP contribution in [-0.2, 0) is 6.54 Å². The quantitative estimate of drug-likeness (QED) is 0.902. The van der Waals surface area contributed by atoms with Crippen molar-refractivity contribution in [2.24, 2.45) is 0 Å². The number of carbonyl (C=O) groups is 1. The first-order valence-corrected chi connectivity index (χ1v) is 7.33. The summed E-state index contributed by atoms with van der Waals surface area (Å²) in [5.41, 5.74) is 0.955. The van der Waals surface area contributed by atoms with Gasteiger partial charge < -0.3 is 5.11 Å². The molecule has 0 radical (unpaired) electrons. The zero-order valence-electron chi connectivity index (χ0n) is 9.18. The number of thiophene rings is 1. The van der Waals surface area contributed by atoms with E-state index in [4.69, 9.17) is 5.11 Å². The Morgan fingerprint density at radius 3 is 3.19 bits per heavy atom. The molecule has 0 bridgehead atoms. The molecule has 88 valence electrons. The van der Waals surface area contributed by atoms with Gasteiger partial charge in [0.1, 0.15) is 4.88 Å². The first-order valence-electron chi connectivity index (χ1n) is 5.30. The van der Waals surface area contributed by atoms with Crippen molar-refractivity contribution in [2.75, 3.05) is 18.1 Å². The van der Waals surface area contributed by atoms with Gasteiger partial charge in [0.15, 0.2) is 0 Å². The fourth-order valence-corrected chi connectivity index (χ4v) is 3.70. The summed E-state index contributed by atoms with van der Waals surface area (Å²) in [7, 11) is 0. The van der Waals surface area contributed by atoms with Crippen LogP contribution in [0, 0.1) is 0 Å². The maximum atomic E-state index is 11.0. The van der Waals surface area contributed by atoms with Crippen molar-refractivity contribution in [3.63, 3.8) is 0 Å². The standard InChI is InChI=1S/C11H15NO2S2/c1-8-7-15-5-3-12(8)6-9-2-4-16-10(9)11(13)14/h2,4,8H,3,5-7H2,1H3,(H,13,14). The molecule has 1 saturated heterocycles. The predicted molar refractivity (Wildman–Crippen MR) is 68.5 cm³/mol. The number of thioether (sulfide) groups is 1. The Morgan fingerprint density at radius 2 is 2.50 bits per heavy atom. The number of aromatic carboxylic acids is 1. The van der Waals surface area contributed by atoms with Gasteiger partial charge in [-0.1, -0.05) is 0 Å². The van der Waals surface area contributed by atoms with E-state index in [2.05, 4.69) is 11.8 Å². The van der Waals surface area contributed by atoms with Crippen molar-refractivity contribution < 1.29 is 9.90 Å². The minimum atomic E-state index is -0.802. The maximum absolute atomic E-state index is 11.0. The molecule has 1 N–H and O–H groups in total. The highest BCUT2D eigenvalue weighted by molar-refractivity contribution is 7.99. The van der Waals surface area contributed by atoms with Crippen LogP contribution in [0.4, 0.5) is 0 Å². The fraction of sp³-hybridized carbons (Fsp3) is 0.545. The number of nitrogens with zero attached hydrogens (tertiary/aromatic N) is 1. The molecule has 5 heteroatoms. The first kappa shape index (κ1) is 12.0. The molecule has 16 heavy (non-hydrogen) atoms. The second kappa shape index (κ2) is 5.21. The summed E-state index contributed by atoms with van der Waals surface area (Å²) in [6.45, 7) is 4.03. The van der Waals surface area contributed by atoms with Gasteiger partial charge in [-0.15, -0.1) is 11.3 Å². The lowest BCUT2D eigenvalue weighted by molar-refractivity contribution is 0.0699. The van der Waals surface area contributed by atoms with Crippen molar-refractivity contribution in [3.05, 3.63) is 21.9 Å². The molecule has 2 rings (SSSR count). The lowest BCUT2D eigenvalue weighted by Crippen LogP contribution is -2.39. The number of carboxylic acids is 1. The van der Waals surface area contributed by atoms with Crippen molar-refractivity contribution in [1.82, 2.24) is 4.90 Å². The smallest absolute Gasteiger partial charge is 0.346 e. The molecule has 2 heterocycles. The molecule has 0 spiro atoms. The third kappa shape index (κ3) is 2.59. The van der Waals surface area contributed by atoms with E-state index in [1.165, 1.54) is 11.3 Å². The van der Waals surface area contributed by atoms with Gasteiger partial charge in [0.25, 0.3) is 0 Å². The Hall–Kier alpha value is -0.520. The monoisotopic (exact) mass is 257 g/mol. The minimum Gasteiger partial charge on any atom is -0.477 e. The second-order valence-electron chi connectivity index (χ2n) is 3.97. The number of hydrogen-bond acceptors (Lipinski definition) is 4. The minimum absolute atomic E-state index is 0.491. The Balaban J connectivity index is 2.07. The lowest BCUT2D eigenvalue weighted by atomic mass is 10.2. The van der Waals surface area contributed by atoms with Gasteiger partial charge in [-0.05, 0) is 23.9 Å². The molecular formula is C11H15NO2S2. The molecule has 1 fully saturated rings. The number of carboxylic acid groups (broad SMARTS) is 1. The average molecular weight is 257 g/mol. The van der Waals surface area contributed by atoms with Crippen LogP contribution in [0.15, 0.2) is 11.4 Å². The summed E-state index contributed by atoms with van der Waals surface area (Å²) in [5, 5.41) is 10.9. The predicted octanol–water partition coefficient (Wildman–Crippen LogP) is 2.38. The molecule has 1 aromatic rings. The summed E-state index contributed by atoms with van der Waals surface area (Å²) >= 11 is 3.29. The molecular weight excluding hydrogens is 242 g/mol. The summed E-state index contributed by atoms with van der Waals surface area (Å²) in [4.78, 5) is 13.9. The molecule has 0 aromatic carbocycles. The normalized spacial score (nSPS) is 22.2. The summed E-state index contributed by atoms with van der Waals surface area (Å²) in [6, 6.07) is 2.48. The third-order valence-corrected chi connectivity index (χ3v) is 4.95. The molecule has 1 atom stereocenters. The molecule has 0 saturated carbocycles. The fourth-order valence-electron chi connectivity index (χ4n) is 1.86. The molecule has 0 aliphatic carbocycles. The van der Waals surface area contributed by atoms with E-state index >= 15 is 0 Å². The summed E-state index contributed by atoms with van der Waals surface area (Å²) < 4.78 is 0. The van der Waals surface area contributed by atoms with Gasteiger partial charge >= 0.3 is 5.97 Å². The van der Waals surface area contributed by atoms with E-state index in [1.54, 1.807) is 0 Å². The zero-order chi connectivity index (χ0) is 11.5. The van der Waals surface area contributed by atoms with Crippen LogP contribution in [0.3, 0.4) is 0 Å². The Bertz CT molecular complexity index is 378. The Kier molecular flexibility index (Phi) is 3.89. The Labute approximate surface area is 103 Å². The largest absolute Gasteiger partial charge is 0.477 e. The van der Waals surface area contributed by atoms with E-state index in [9.17, 15) is 4.79 Å². The highest BCUT2D eigenvalue weighted by atomic mass is 32.2. The third-order valence-electron chi connectivity index (χ3n) is 2.82. The van der Waals surface area contributed by atoms with Crippen molar-refractivity contribution in [1.29, 1.82) is 0 Å². The maximum Gasteiger partial charge on any atom is 0.346 e. The van der Waals surface area contributed by atoms with E-state index in [1.807, 2.05) is 23.2 Å². The molecule has 3 nitrogen and oxygen atoms in total. The SMILES string of the molecule is CC1CSCCN1Cc1ccsc1C(=O)O. The van der Waals surface area contributed by atoms with Crippen molar-refractivity contribution in [2.45, 2.75) is 19.5 Å². The van der Waals surface area contributed by atoms with Crippen molar-refractivity contribution in [3.8, 4) is 0 Å². The van der Waals surface area contributed by atoms with Crippen molar-refractivity contribution >= 4 is 29.1 Å². The van der Waals surface area contributed by atoms with Gasteiger partial charge in [0, 0.05) is 30.6 Å². The molecule has 1 aliphatic heterocycles. The van der Waals surface area contributed by atoms with Gasteiger partial charge in [-0.25, -0.2) is 4.79 Å². The second-order valence-corrected chi connectivity index (χ2v) is 6.04. The summed E-state index contributed by atoms with van der Waals surface area (Å²) in [5.74, 6) is 1.49. The first-order chi connectivity index (χ1) is 7.68. The molecule has 1 aliphatic rings. The van der Waals surface area contributed by atoms with Gasteiger partial charge in [-0.2, -0.15) is 11.8 Å². The Morgan fingerprint density at radius 1 is 1.69 bits per heavy atom. The number of hydrogen-bond donors (Lipinski definition) is 1. The van der Waals surface area contributed by atoms with Crippen LogP contribution in [0.2, 0.25) is 0 Å².